The maximum absolute atomic E-state index is 12.0. The van der Waals surface area contributed by atoms with Crippen LogP contribution in [0.25, 0.3) is 0 Å². The molecule has 4 nitrogen and oxygen atoms in total. The monoisotopic (exact) mass is 405 g/mol. The van der Waals surface area contributed by atoms with Crippen molar-refractivity contribution in [1.82, 2.24) is 0 Å². The molecule has 25 heavy (non-hydrogen) atoms. The number of benzene rings is 2. The van der Waals surface area contributed by atoms with Gasteiger partial charge in [0.1, 0.15) is 11.5 Å². The third-order valence-corrected chi connectivity index (χ3v) is 4.02. The van der Waals surface area contributed by atoms with Gasteiger partial charge in [0.2, 0.25) is 5.91 Å². The van der Waals surface area contributed by atoms with Gasteiger partial charge in [-0.2, -0.15) is 0 Å². The number of aryl methyl sites for hydroxylation is 1. The zero-order valence-electron chi connectivity index (χ0n) is 14.8. The van der Waals surface area contributed by atoms with E-state index in [1.165, 1.54) is 5.56 Å². The molecule has 1 N–H and O–H groups in total. The molecule has 0 saturated carbocycles. The predicted octanol–water partition coefficient (Wildman–Crippen LogP) is 5.34. The van der Waals surface area contributed by atoms with Crippen molar-refractivity contribution in [3.8, 4) is 11.5 Å². The Kier molecular flexibility index (Phi) is 7.31. The Morgan fingerprint density at radius 3 is 2.52 bits per heavy atom. The van der Waals surface area contributed by atoms with Crippen LogP contribution in [0.5, 0.6) is 11.5 Å². The number of amides is 1. The molecule has 2 aromatic rings. The quantitative estimate of drug-likeness (QED) is 0.602. The summed E-state index contributed by atoms with van der Waals surface area (Å²) in [5.41, 5.74) is 1.94. The molecule has 5 heteroatoms. The Morgan fingerprint density at radius 1 is 1.16 bits per heavy atom. The second-order valence-electron chi connectivity index (χ2n) is 6.13. The van der Waals surface area contributed by atoms with Gasteiger partial charge in [0.15, 0.2) is 0 Å². The van der Waals surface area contributed by atoms with Crippen molar-refractivity contribution in [2.75, 3.05) is 11.9 Å². The highest BCUT2D eigenvalue weighted by molar-refractivity contribution is 9.10. The van der Waals surface area contributed by atoms with Crippen LogP contribution < -0.4 is 14.8 Å². The second kappa shape index (κ2) is 9.47. The number of nitrogens with one attached hydrogen (secondary N) is 1. The number of anilines is 1. The summed E-state index contributed by atoms with van der Waals surface area (Å²) in [6.45, 7) is 6.48. The van der Waals surface area contributed by atoms with Gasteiger partial charge in [0, 0.05) is 12.1 Å². The van der Waals surface area contributed by atoms with Crippen molar-refractivity contribution in [3.63, 3.8) is 0 Å². The van der Waals surface area contributed by atoms with Crippen molar-refractivity contribution in [1.29, 1.82) is 0 Å². The molecule has 134 valence electrons. The van der Waals surface area contributed by atoms with Gasteiger partial charge < -0.3 is 14.8 Å². The largest absolute Gasteiger partial charge is 0.492 e. The number of carbonyl (C=O) groups excluding carboxylic acids is 1. The molecular formula is C20H24BrNO3. The summed E-state index contributed by atoms with van der Waals surface area (Å²) in [5, 5.41) is 2.88. The lowest BCUT2D eigenvalue weighted by Gasteiger charge is -2.11. The van der Waals surface area contributed by atoms with Gasteiger partial charge in [-0.3, -0.25) is 4.79 Å². The molecule has 0 radical (unpaired) electrons. The summed E-state index contributed by atoms with van der Waals surface area (Å²) in [5.74, 6) is 1.57. The van der Waals surface area contributed by atoms with E-state index in [1.54, 1.807) is 0 Å². The lowest BCUT2D eigenvalue weighted by atomic mass is 10.2. The second-order valence-corrected chi connectivity index (χ2v) is 6.98. The molecule has 0 aliphatic carbocycles. The minimum atomic E-state index is -0.0240. The van der Waals surface area contributed by atoms with E-state index >= 15 is 0 Å². The van der Waals surface area contributed by atoms with E-state index in [0.717, 1.165) is 21.7 Å². The van der Waals surface area contributed by atoms with Crippen LogP contribution in [0.3, 0.4) is 0 Å². The van der Waals surface area contributed by atoms with Gasteiger partial charge in [-0.05, 0) is 85.1 Å². The predicted molar refractivity (Wildman–Crippen MR) is 104 cm³/mol. The molecule has 0 aromatic heterocycles. The lowest BCUT2D eigenvalue weighted by Crippen LogP contribution is -2.13. The zero-order valence-corrected chi connectivity index (χ0v) is 16.4. The van der Waals surface area contributed by atoms with Crippen LogP contribution in [0.4, 0.5) is 5.69 Å². The number of carbonyl (C=O) groups is 1. The van der Waals surface area contributed by atoms with E-state index in [1.807, 2.05) is 63.2 Å². The van der Waals surface area contributed by atoms with Gasteiger partial charge in [0.05, 0.1) is 17.2 Å². The Labute approximate surface area is 157 Å². The van der Waals surface area contributed by atoms with Crippen molar-refractivity contribution < 1.29 is 14.3 Å². The van der Waals surface area contributed by atoms with E-state index < -0.39 is 0 Å². The van der Waals surface area contributed by atoms with Gasteiger partial charge in [-0.1, -0.05) is 6.07 Å². The highest BCUT2D eigenvalue weighted by Gasteiger charge is 2.05. The molecule has 1 amide bonds. The van der Waals surface area contributed by atoms with Crippen molar-refractivity contribution in [2.45, 2.75) is 39.7 Å². The van der Waals surface area contributed by atoms with E-state index in [2.05, 4.69) is 21.2 Å². The first-order valence-electron chi connectivity index (χ1n) is 8.39. The SMILES string of the molecule is Cc1ccc(OCCCC(=O)Nc2ccc(OC(C)C)cc2)c(Br)c1. The lowest BCUT2D eigenvalue weighted by molar-refractivity contribution is -0.116. The Balaban J connectivity index is 1.71. The summed E-state index contributed by atoms with van der Waals surface area (Å²) in [7, 11) is 0. The standard InChI is InChI=1S/C20H24BrNO3/c1-14(2)25-17-9-7-16(8-10-17)22-20(23)5-4-12-24-19-11-6-15(3)13-18(19)21/h6-11,13-14H,4-5,12H2,1-3H3,(H,22,23). The molecule has 2 rings (SSSR count). The van der Waals surface area contributed by atoms with Crippen molar-refractivity contribution in [3.05, 3.63) is 52.5 Å². The van der Waals surface area contributed by atoms with Crippen molar-refractivity contribution in [2.24, 2.45) is 0 Å². The van der Waals surface area contributed by atoms with Crippen LogP contribution >= 0.6 is 15.9 Å². The van der Waals surface area contributed by atoms with E-state index in [0.29, 0.717) is 19.4 Å². The van der Waals surface area contributed by atoms with E-state index in [9.17, 15) is 4.79 Å². The Morgan fingerprint density at radius 2 is 1.88 bits per heavy atom. The first-order valence-corrected chi connectivity index (χ1v) is 9.19. The first-order chi connectivity index (χ1) is 11.9. The summed E-state index contributed by atoms with van der Waals surface area (Å²) >= 11 is 3.48. The summed E-state index contributed by atoms with van der Waals surface area (Å²) in [4.78, 5) is 12.0. The smallest absolute Gasteiger partial charge is 0.224 e. The summed E-state index contributed by atoms with van der Waals surface area (Å²) in [6.07, 6.45) is 1.20. The summed E-state index contributed by atoms with van der Waals surface area (Å²) < 4.78 is 12.2. The van der Waals surface area contributed by atoms with Gasteiger partial charge >= 0.3 is 0 Å². The van der Waals surface area contributed by atoms with Gasteiger partial charge in [0.25, 0.3) is 0 Å². The fourth-order valence-electron chi connectivity index (χ4n) is 2.25. The van der Waals surface area contributed by atoms with Crippen molar-refractivity contribution >= 4 is 27.5 Å². The molecule has 0 atom stereocenters. The highest BCUT2D eigenvalue weighted by Crippen LogP contribution is 2.25. The van der Waals surface area contributed by atoms with Crippen LogP contribution in [-0.4, -0.2) is 18.6 Å². The maximum Gasteiger partial charge on any atom is 0.224 e. The average Bonchev–Trinajstić information content (AvgIpc) is 2.54. The van der Waals surface area contributed by atoms with Crippen LogP contribution in [0.1, 0.15) is 32.3 Å². The minimum Gasteiger partial charge on any atom is -0.492 e. The Bertz CT molecular complexity index is 699. The molecule has 2 aromatic carbocycles. The zero-order chi connectivity index (χ0) is 18.2. The molecule has 0 bridgehead atoms. The van der Waals surface area contributed by atoms with Gasteiger partial charge in [-0.25, -0.2) is 0 Å². The minimum absolute atomic E-state index is 0.0240. The third kappa shape index (κ3) is 6.78. The van der Waals surface area contributed by atoms with Crippen LogP contribution in [-0.2, 0) is 4.79 Å². The molecule has 0 aliphatic rings. The van der Waals surface area contributed by atoms with Crippen LogP contribution in [0.15, 0.2) is 46.9 Å². The number of halogens is 1. The fraction of sp³-hybridized carbons (Fsp3) is 0.350. The molecule has 0 heterocycles. The highest BCUT2D eigenvalue weighted by atomic mass is 79.9. The summed E-state index contributed by atoms with van der Waals surface area (Å²) in [6, 6.07) is 13.3. The number of ether oxygens (including phenoxy) is 2. The van der Waals surface area contributed by atoms with E-state index in [4.69, 9.17) is 9.47 Å². The fourth-order valence-corrected chi connectivity index (χ4v) is 2.86. The number of hydrogen-bond donors (Lipinski definition) is 1. The molecule has 0 aliphatic heterocycles. The van der Waals surface area contributed by atoms with Gasteiger partial charge in [-0.15, -0.1) is 0 Å². The third-order valence-electron chi connectivity index (χ3n) is 3.40. The Hall–Kier alpha value is -2.01. The molecule has 0 spiro atoms. The normalized spacial score (nSPS) is 10.6. The topological polar surface area (TPSA) is 47.6 Å². The molecular weight excluding hydrogens is 382 g/mol. The molecule has 0 saturated heterocycles. The van der Waals surface area contributed by atoms with Crippen LogP contribution in [0.2, 0.25) is 0 Å². The first kappa shape index (κ1) is 19.3. The van der Waals surface area contributed by atoms with E-state index in [-0.39, 0.29) is 12.0 Å². The maximum atomic E-state index is 12.0. The molecule has 0 fully saturated rings. The number of rotatable bonds is 8. The molecule has 0 unspecified atom stereocenters. The van der Waals surface area contributed by atoms with Crippen LogP contribution in [0, 0.1) is 6.92 Å². The number of hydrogen-bond acceptors (Lipinski definition) is 3. The average molecular weight is 406 g/mol.